The third-order valence-corrected chi connectivity index (χ3v) is 2.97. The summed E-state index contributed by atoms with van der Waals surface area (Å²) >= 11 is 2.99. The van der Waals surface area contributed by atoms with E-state index in [1.54, 1.807) is 11.8 Å². The first-order valence-electron chi connectivity index (χ1n) is 4.31. The minimum absolute atomic E-state index is 0.193. The average molecular weight is 231 g/mol. The highest BCUT2D eigenvalue weighted by atomic mass is 32.2. The second kappa shape index (κ2) is 5.98. The van der Waals surface area contributed by atoms with Crippen LogP contribution in [0.2, 0.25) is 0 Å². The summed E-state index contributed by atoms with van der Waals surface area (Å²) in [7, 11) is 0. The van der Waals surface area contributed by atoms with Crippen LogP contribution < -0.4 is 0 Å². The molecule has 0 aliphatic carbocycles. The Bertz CT molecular complexity index is 301. The second-order valence-corrected chi connectivity index (χ2v) is 4.29. The van der Waals surface area contributed by atoms with E-state index in [4.69, 9.17) is 10.1 Å². The molecule has 0 aromatic carbocycles. The molecule has 1 N–H and O–H groups in total. The van der Waals surface area contributed by atoms with Crippen molar-refractivity contribution in [3.05, 3.63) is 10.6 Å². The zero-order valence-corrected chi connectivity index (χ0v) is 9.87. The standard InChI is InChI=1S/C8H13N3OS2/c1-3-12-8(9)7-6(4-5-13-2)10-11-14-7/h9H,3-5H2,1-2H3. The maximum absolute atomic E-state index is 7.62. The normalized spacial score (nSPS) is 10.1. The van der Waals surface area contributed by atoms with Gasteiger partial charge in [0.25, 0.3) is 0 Å². The first-order valence-corrected chi connectivity index (χ1v) is 6.48. The second-order valence-electron chi connectivity index (χ2n) is 2.55. The van der Waals surface area contributed by atoms with E-state index >= 15 is 0 Å². The van der Waals surface area contributed by atoms with Gasteiger partial charge in [-0.2, -0.15) is 11.8 Å². The molecule has 0 saturated carbocycles. The number of ether oxygens (including phenoxy) is 1. The number of aromatic nitrogens is 2. The topological polar surface area (TPSA) is 58.9 Å². The summed E-state index contributed by atoms with van der Waals surface area (Å²) in [6, 6.07) is 0. The molecule has 0 radical (unpaired) electrons. The monoisotopic (exact) mass is 231 g/mol. The Labute approximate surface area is 91.7 Å². The SMILES string of the molecule is CCOC(=N)c1snnc1CCSC. The number of rotatable bonds is 5. The molecule has 0 amide bonds. The molecule has 1 rings (SSSR count). The third-order valence-electron chi connectivity index (χ3n) is 1.59. The van der Waals surface area contributed by atoms with Crippen molar-refractivity contribution in [3.8, 4) is 0 Å². The zero-order chi connectivity index (χ0) is 10.4. The molecule has 0 spiro atoms. The van der Waals surface area contributed by atoms with Crippen LogP contribution in [-0.2, 0) is 11.2 Å². The Morgan fingerprint density at radius 1 is 1.64 bits per heavy atom. The Morgan fingerprint density at radius 3 is 3.07 bits per heavy atom. The lowest BCUT2D eigenvalue weighted by Crippen LogP contribution is -2.06. The lowest BCUT2D eigenvalue weighted by Gasteiger charge is -2.02. The van der Waals surface area contributed by atoms with Crippen LogP contribution in [0.4, 0.5) is 0 Å². The fourth-order valence-electron chi connectivity index (χ4n) is 0.953. The minimum Gasteiger partial charge on any atom is -0.477 e. The van der Waals surface area contributed by atoms with Gasteiger partial charge in [0, 0.05) is 6.42 Å². The predicted octanol–water partition coefficient (Wildman–Crippen LogP) is 1.81. The quantitative estimate of drug-likeness (QED) is 0.620. The molecule has 1 aromatic rings. The lowest BCUT2D eigenvalue weighted by atomic mass is 10.3. The van der Waals surface area contributed by atoms with Gasteiger partial charge in [-0.15, -0.1) is 5.10 Å². The van der Waals surface area contributed by atoms with Crippen LogP contribution in [0.1, 0.15) is 17.5 Å². The molecule has 0 bridgehead atoms. The van der Waals surface area contributed by atoms with Crippen LogP contribution in [0.15, 0.2) is 0 Å². The number of nitrogens with one attached hydrogen (secondary N) is 1. The summed E-state index contributed by atoms with van der Waals surface area (Å²) in [5.41, 5.74) is 0.878. The van der Waals surface area contributed by atoms with Crippen LogP contribution >= 0.6 is 23.3 Å². The molecule has 78 valence electrons. The average Bonchev–Trinajstić information content (AvgIpc) is 2.63. The molecule has 0 aliphatic heterocycles. The Morgan fingerprint density at radius 2 is 2.43 bits per heavy atom. The van der Waals surface area contributed by atoms with Gasteiger partial charge in [0.15, 0.2) is 0 Å². The van der Waals surface area contributed by atoms with Gasteiger partial charge in [-0.25, -0.2) is 0 Å². The number of aryl methyl sites for hydroxylation is 1. The number of hydrogen-bond donors (Lipinski definition) is 1. The molecule has 1 heterocycles. The summed E-state index contributed by atoms with van der Waals surface area (Å²) in [6.07, 6.45) is 2.90. The van der Waals surface area contributed by atoms with Crippen LogP contribution in [0, 0.1) is 5.41 Å². The van der Waals surface area contributed by atoms with Crippen molar-refractivity contribution in [3.63, 3.8) is 0 Å². The van der Waals surface area contributed by atoms with Crippen LogP contribution in [-0.4, -0.2) is 34.1 Å². The number of nitrogens with zero attached hydrogens (tertiary/aromatic N) is 2. The summed E-state index contributed by atoms with van der Waals surface area (Å²) in [5.74, 6) is 1.19. The zero-order valence-electron chi connectivity index (χ0n) is 8.24. The van der Waals surface area contributed by atoms with Crippen molar-refractivity contribution < 1.29 is 4.74 Å². The van der Waals surface area contributed by atoms with E-state index in [0.29, 0.717) is 6.61 Å². The molecule has 0 unspecified atom stereocenters. The van der Waals surface area contributed by atoms with E-state index in [0.717, 1.165) is 22.7 Å². The Kier molecular flexibility index (Phi) is 4.89. The van der Waals surface area contributed by atoms with Crippen molar-refractivity contribution in [1.82, 2.24) is 9.59 Å². The summed E-state index contributed by atoms with van der Waals surface area (Å²) in [6.45, 7) is 2.38. The van der Waals surface area contributed by atoms with E-state index < -0.39 is 0 Å². The van der Waals surface area contributed by atoms with Gasteiger partial charge in [-0.05, 0) is 30.5 Å². The third kappa shape index (κ3) is 2.95. The fourth-order valence-corrected chi connectivity index (χ4v) is 1.96. The van der Waals surface area contributed by atoms with Crippen LogP contribution in [0.25, 0.3) is 0 Å². The van der Waals surface area contributed by atoms with Crippen molar-refractivity contribution in [2.24, 2.45) is 0 Å². The van der Waals surface area contributed by atoms with Gasteiger partial charge in [-0.3, -0.25) is 5.41 Å². The van der Waals surface area contributed by atoms with Gasteiger partial charge in [0.1, 0.15) is 4.88 Å². The Balaban J connectivity index is 2.66. The first-order chi connectivity index (χ1) is 6.79. The van der Waals surface area contributed by atoms with Crippen molar-refractivity contribution in [1.29, 1.82) is 5.41 Å². The van der Waals surface area contributed by atoms with E-state index in [9.17, 15) is 0 Å². The van der Waals surface area contributed by atoms with Gasteiger partial charge >= 0.3 is 0 Å². The Hall–Kier alpha value is -0.620. The number of hydrogen-bond acceptors (Lipinski definition) is 6. The molecule has 0 aliphatic rings. The molecule has 14 heavy (non-hydrogen) atoms. The lowest BCUT2D eigenvalue weighted by molar-refractivity contribution is 0.326. The molecule has 4 nitrogen and oxygen atoms in total. The first kappa shape index (κ1) is 11.5. The van der Waals surface area contributed by atoms with Crippen LogP contribution in [0.3, 0.4) is 0 Å². The highest BCUT2D eigenvalue weighted by molar-refractivity contribution is 7.98. The van der Waals surface area contributed by atoms with Gasteiger partial charge in [0.2, 0.25) is 5.90 Å². The van der Waals surface area contributed by atoms with Gasteiger partial charge < -0.3 is 4.74 Å². The highest BCUT2D eigenvalue weighted by Crippen LogP contribution is 2.14. The molecular weight excluding hydrogens is 218 g/mol. The van der Waals surface area contributed by atoms with E-state index in [-0.39, 0.29) is 5.90 Å². The predicted molar refractivity (Wildman–Crippen MR) is 60.4 cm³/mol. The molecule has 0 saturated heterocycles. The van der Waals surface area contributed by atoms with Crippen molar-refractivity contribution in [2.45, 2.75) is 13.3 Å². The fraction of sp³-hybridized carbons (Fsp3) is 0.625. The van der Waals surface area contributed by atoms with E-state index in [2.05, 4.69) is 9.59 Å². The van der Waals surface area contributed by atoms with Crippen LogP contribution in [0.5, 0.6) is 0 Å². The highest BCUT2D eigenvalue weighted by Gasteiger charge is 2.13. The summed E-state index contributed by atoms with van der Waals surface area (Å²) in [5, 5.41) is 11.6. The summed E-state index contributed by atoms with van der Waals surface area (Å²) in [4.78, 5) is 0.765. The molecule has 0 fully saturated rings. The van der Waals surface area contributed by atoms with Crippen molar-refractivity contribution in [2.75, 3.05) is 18.6 Å². The van der Waals surface area contributed by atoms with E-state index in [1.165, 1.54) is 11.5 Å². The molecule has 1 aromatic heterocycles. The van der Waals surface area contributed by atoms with Gasteiger partial charge in [0.05, 0.1) is 12.3 Å². The molecule has 0 atom stereocenters. The maximum Gasteiger partial charge on any atom is 0.227 e. The van der Waals surface area contributed by atoms with Gasteiger partial charge in [-0.1, -0.05) is 4.49 Å². The number of thioether (sulfide) groups is 1. The van der Waals surface area contributed by atoms with E-state index in [1.807, 2.05) is 13.2 Å². The summed E-state index contributed by atoms with van der Waals surface area (Å²) < 4.78 is 8.95. The molecular formula is C8H13N3OS2. The smallest absolute Gasteiger partial charge is 0.227 e. The molecule has 6 heteroatoms. The minimum atomic E-state index is 0.193. The maximum atomic E-state index is 7.62. The van der Waals surface area contributed by atoms with Crippen molar-refractivity contribution >= 4 is 29.2 Å². The largest absolute Gasteiger partial charge is 0.477 e.